The van der Waals surface area contributed by atoms with Crippen LogP contribution >= 0.6 is 23.2 Å². The van der Waals surface area contributed by atoms with Crippen LogP contribution in [0.4, 0.5) is 11.4 Å². The summed E-state index contributed by atoms with van der Waals surface area (Å²) in [5.41, 5.74) is 7.69. The first-order valence-electron chi connectivity index (χ1n) is 17.0. The Bertz CT molecular complexity index is 2450. The van der Waals surface area contributed by atoms with Gasteiger partial charge in [0.25, 0.3) is 0 Å². The minimum Gasteiger partial charge on any atom is -0.506 e. The number of allylic oxidation sites excluding steroid dienone is 2. The van der Waals surface area contributed by atoms with Crippen molar-refractivity contribution in [3.05, 3.63) is 117 Å². The summed E-state index contributed by atoms with van der Waals surface area (Å²) in [5.74, 6) is -0.934. The molecule has 0 aliphatic heterocycles. The van der Waals surface area contributed by atoms with Gasteiger partial charge in [0.15, 0.2) is 0 Å². The van der Waals surface area contributed by atoms with Gasteiger partial charge in [0.1, 0.15) is 22.9 Å². The second-order valence-corrected chi connectivity index (χ2v) is 17.4. The Morgan fingerprint density at radius 1 is 0.610 bits per heavy atom. The van der Waals surface area contributed by atoms with E-state index in [-0.39, 0.29) is 101 Å². The second-order valence-electron chi connectivity index (χ2n) is 12.5. The van der Waals surface area contributed by atoms with E-state index < -0.39 is 20.0 Å². The third-order valence-electron chi connectivity index (χ3n) is 8.59. The number of sulfonamides is 2. The predicted octanol–water partition coefficient (Wildman–Crippen LogP) is 4.25. The van der Waals surface area contributed by atoms with Gasteiger partial charge < -0.3 is 20.4 Å². The molecule has 21 heteroatoms. The Balaban J connectivity index is 0.000000310. The second kappa shape index (κ2) is 19.9. The number of carbonyl (C=O) groups excluding carboxylic acids is 2. The van der Waals surface area contributed by atoms with Gasteiger partial charge in [0.2, 0.25) is 31.6 Å². The summed E-state index contributed by atoms with van der Waals surface area (Å²) >= 11 is 11.8. The number of benzene rings is 4. The molecule has 16 nitrogen and oxygen atoms in total. The Hall–Kier alpha value is -4.91. The summed E-state index contributed by atoms with van der Waals surface area (Å²) in [6.45, 7) is -0.664. The van der Waals surface area contributed by atoms with Crippen LogP contribution in [-0.4, -0.2) is 109 Å². The van der Waals surface area contributed by atoms with E-state index in [9.17, 15) is 36.6 Å². The molecule has 4 aromatic carbocycles. The van der Waals surface area contributed by atoms with Crippen LogP contribution in [-0.2, 0) is 47.0 Å². The van der Waals surface area contributed by atoms with Crippen LogP contribution in [0.2, 0.25) is 10.0 Å². The van der Waals surface area contributed by atoms with E-state index in [1.54, 1.807) is 0 Å². The van der Waals surface area contributed by atoms with Crippen LogP contribution in [0, 0.1) is 0 Å². The first-order valence-corrected chi connectivity index (χ1v) is 20.6. The third kappa shape index (κ3) is 10.8. The molecule has 59 heavy (non-hydrogen) atoms. The standard InChI is InChI=1S/2C19H18ClN3O5S.Cr/c2*1-23(8-9-24)29(27,28)14-4-5-15-12(10-14)2-6-18(26)19(15)22-21-16-11-13(20)3-7-17(16)25;/h2*2-7,10-11,21,24-25H,8-9H2,1H3;/p+1/b2*22-19-;. The molecule has 0 saturated heterocycles. The van der Waals surface area contributed by atoms with Gasteiger partial charge in [0, 0.05) is 65.7 Å². The van der Waals surface area contributed by atoms with Crippen molar-refractivity contribution in [1.29, 1.82) is 0 Å². The van der Waals surface area contributed by atoms with Crippen LogP contribution in [0.15, 0.2) is 105 Å². The maximum absolute atomic E-state index is 12.6. The normalized spacial score (nSPS) is 14.8. The predicted molar refractivity (Wildman–Crippen MR) is 222 cm³/mol. The van der Waals surface area contributed by atoms with Gasteiger partial charge in [-0.2, -0.15) is 18.8 Å². The van der Waals surface area contributed by atoms with Gasteiger partial charge in [-0.25, -0.2) is 16.8 Å². The molecule has 6 rings (SSSR count). The van der Waals surface area contributed by atoms with E-state index in [2.05, 4.69) is 21.1 Å². The van der Waals surface area contributed by atoms with Crippen molar-refractivity contribution in [1.82, 2.24) is 8.61 Å². The number of aliphatic hydroxyl groups is 2. The summed E-state index contributed by atoms with van der Waals surface area (Å²) in [5, 5.41) is 46.6. The summed E-state index contributed by atoms with van der Waals surface area (Å²) < 4.78 is 52.4. The molecule has 2 aliphatic rings. The van der Waals surface area contributed by atoms with Crippen LogP contribution in [0.25, 0.3) is 12.2 Å². The van der Waals surface area contributed by atoms with Crippen LogP contribution in [0.3, 0.4) is 0 Å². The smallest absolute Gasteiger partial charge is 0.506 e. The molecule has 0 atom stereocenters. The van der Waals surface area contributed by atoms with Crippen LogP contribution in [0.5, 0.6) is 11.5 Å². The third-order valence-corrected chi connectivity index (χ3v) is 12.8. The number of ketones is 2. The average Bonchev–Trinajstić information content (AvgIpc) is 3.19. The van der Waals surface area contributed by atoms with Gasteiger partial charge >= 0.3 is 1.43 Å². The van der Waals surface area contributed by atoms with Gasteiger partial charge in [-0.15, -0.1) is 0 Å². The fraction of sp³-hybridized carbons (Fsp3) is 0.158. The number of carbonyl (C=O) groups is 2. The summed E-state index contributed by atoms with van der Waals surface area (Å²) in [4.78, 5) is 24.7. The molecule has 0 heterocycles. The zero-order valence-corrected chi connectivity index (χ0v) is 35.5. The molecule has 0 amide bonds. The summed E-state index contributed by atoms with van der Waals surface area (Å²) in [6.07, 6.45) is 5.60. The van der Waals surface area contributed by atoms with Crippen LogP contribution in [0.1, 0.15) is 23.7 Å². The van der Waals surface area contributed by atoms with Gasteiger partial charge in [-0.05, 0) is 83.9 Å². The quantitative estimate of drug-likeness (QED) is 0.0864. The Morgan fingerprint density at radius 2 is 0.983 bits per heavy atom. The number of aromatic hydroxyl groups is 2. The van der Waals surface area contributed by atoms with Gasteiger partial charge in [0.05, 0.1) is 34.4 Å². The molecular weight excluding hydrogens is 887 g/mol. The molecule has 0 bridgehead atoms. The number of hydrogen-bond acceptors (Lipinski definition) is 14. The number of likely N-dealkylation sites (N-methyl/N-ethyl adjacent to an activating group) is 2. The van der Waals surface area contributed by atoms with E-state index in [4.69, 9.17) is 33.4 Å². The number of hydrazone groups is 2. The molecule has 310 valence electrons. The Kier molecular flexibility index (Phi) is 15.8. The van der Waals surface area contributed by atoms with E-state index in [0.29, 0.717) is 32.3 Å². The Labute approximate surface area is 362 Å². The number of fused-ring (bicyclic) bond motifs is 2. The molecule has 2 aliphatic carbocycles. The number of phenols is 2. The van der Waals surface area contributed by atoms with Gasteiger partial charge in [-0.1, -0.05) is 47.5 Å². The fourth-order valence-corrected chi connectivity index (χ4v) is 8.14. The van der Waals surface area contributed by atoms with Crippen molar-refractivity contribution in [3.63, 3.8) is 0 Å². The van der Waals surface area contributed by atoms with Crippen molar-refractivity contribution in [2.75, 3.05) is 51.3 Å². The number of rotatable bonds is 12. The van der Waals surface area contributed by atoms with E-state index >= 15 is 0 Å². The largest absolute Gasteiger partial charge is 1.00 e. The van der Waals surface area contributed by atoms with Crippen molar-refractivity contribution in [2.24, 2.45) is 10.2 Å². The molecular formula is C38H37Cl2CrN6O10S2+. The first kappa shape index (κ1) is 46.8. The van der Waals surface area contributed by atoms with Crippen molar-refractivity contribution in [3.8, 4) is 11.5 Å². The first-order chi connectivity index (χ1) is 27.5. The zero-order valence-electron chi connectivity index (χ0n) is 32.1. The minimum atomic E-state index is -3.78. The SMILES string of the molecule is CN(CCO)S(=O)(=O)c1ccc2c(c1)C=CC(=O)/C2=N\Nc1cc(Cl)ccc1O.CN(CCO)S(=O)(=O)c1ccc2c(c1)C=CC(=O)/C2=N\Nc1cc(Cl)ccc1O.[Cr].[H+]. The van der Waals surface area contributed by atoms with Crippen LogP contribution < -0.4 is 10.9 Å². The molecule has 4 aromatic rings. The summed E-state index contributed by atoms with van der Waals surface area (Å²) in [7, 11) is -4.81. The molecule has 6 N–H and O–H groups in total. The number of halogens is 2. The summed E-state index contributed by atoms with van der Waals surface area (Å²) in [6, 6.07) is 17.3. The maximum atomic E-state index is 12.6. The topological polar surface area (TPSA) is 239 Å². The maximum Gasteiger partial charge on any atom is 1.00 e. The van der Waals surface area contributed by atoms with E-state index in [1.807, 2.05) is 0 Å². The van der Waals surface area contributed by atoms with Crippen molar-refractivity contribution < 1.29 is 65.6 Å². The monoisotopic (exact) mass is 923 g/mol. The van der Waals surface area contributed by atoms with Crippen molar-refractivity contribution >= 4 is 89.8 Å². The number of nitrogens with zero attached hydrogens (tertiary/aromatic N) is 4. The number of aliphatic hydroxyl groups excluding tert-OH is 2. The number of nitrogens with one attached hydrogen (secondary N) is 2. The molecule has 0 saturated carbocycles. The van der Waals surface area contributed by atoms with E-state index in [0.717, 1.165) is 8.61 Å². The number of phenolic OH excluding ortho intramolecular Hbond substituents is 2. The molecule has 0 unspecified atom stereocenters. The number of anilines is 2. The zero-order chi connectivity index (χ0) is 42.4. The van der Waals surface area contributed by atoms with Gasteiger partial charge in [-0.3, -0.25) is 20.4 Å². The molecule has 0 aromatic heterocycles. The Morgan fingerprint density at radius 3 is 1.34 bits per heavy atom. The fourth-order valence-electron chi connectivity index (χ4n) is 5.40. The number of hydrogen-bond donors (Lipinski definition) is 6. The van der Waals surface area contributed by atoms with Crippen molar-refractivity contribution in [2.45, 2.75) is 9.79 Å². The molecule has 0 radical (unpaired) electrons. The van der Waals surface area contributed by atoms with E-state index in [1.165, 1.54) is 111 Å². The average molecular weight is 925 g/mol. The minimum absolute atomic E-state index is 0. The molecule has 0 spiro atoms. The molecule has 0 fully saturated rings.